The van der Waals surface area contributed by atoms with E-state index in [1.165, 1.54) is 4.57 Å². The van der Waals surface area contributed by atoms with Crippen LogP contribution in [0.4, 0.5) is 0 Å². The molecule has 1 aromatic rings. The average molecular weight is 232 g/mol. The average Bonchev–Trinajstić information content (AvgIpc) is 2.66. The highest BCUT2D eigenvalue weighted by atomic mass is 16.3. The van der Waals surface area contributed by atoms with E-state index in [1.54, 1.807) is 7.05 Å². The zero-order chi connectivity index (χ0) is 12.4. The third-order valence-corrected chi connectivity index (χ3v) is 3.91. The largest absolute Gasteiger partial charge is 0.494 e. The third kappa shape index (κ3) is 1.15. The number of nitrogens with zero attached hydrogens (tertiary/aromatic N) is 2. The van der Waals surface area contributed by atoms with Crippen molar-refractivity contribution in [3.05, 3.63) is 22.8 Å². The van der Waals surface area contributed by atoms with Gasteiger partial charge in [-0.2, -0.15) is 0 Å². The molecule has 2 aliphatic rings. The van der Waals surface area contributed by atoms with E-state index >= 15 is 0 Å². The Morgan fingerprint density at radius 2 is 2.12 bits per heavy atom. The number of aromatic nitrogens is 1. The smallest absolute Gasteiger partial charge is 0.199 e. The maximum Gasteiger partial charge on any atom is 0.199 e. The Bertz CT molecular complexity index is 568. The molecule has 3 rings (SSSR count). The molecule has 0 radical (unpaired) electrons. The lowest BCUT2D eigenvalue weighted by Gasteiger charge is -2.29. The number of fused-ring (bicyclic) bond motifs is 3. The van der Waals surface area contributed by atoms with Crippen molar-refractivity contribution >= 4 is 6.21 Å². The molecule has 0 saturated carbocycles. The standard InChI is InChI=1S/C13H16N2O2/c1-7-4-13(2)5-8-9(10(13)14-6-7)12(17)15(3)11(8)16/h4,6,10,16-17H,5H2,1-3H3/t10-,13+/m0/s1. The molecule has 0 saturated heterocycles. The summed E-state index contributed by atoms with van der Waals surface area (Å²) in [6, 6.07) is -0.0756. The van der Waals surface area contributed by atoms with E-state index < -0.39 is 0 Å². The first kappa shape index (κ1) is 10.4. The van der Waals surface area contributed by atoms with Gasteiger partial charge in [-0.25, -0.2) is 0 Å². The molecule has 1 aromatic heterocycles. The molecule has 2 atom stereocenters. The van der Waals surface area contributed by atoms with Gasteiger partial charge < -0.3 is 10.2 Å². The number of aliphatic imine (C=N–C) groups is 1. The highest BCUT2D eigenvalue weighted by Gasteiger charge is 2.47. The van der Waals surface area contributed by atoms with Crippen molar-refractivity contribution in [1.82, 2.24) is 4.57 Å². The van der Waals surface area contributed by atoms with Crippen LogP contribution in [0.25, 0.3) is 0 Å². The summed E-state index contributed by atoms with van der Waals surface area (Å²) < 4.78 is 1.42. The van der Waals surface area contributed by atoms with Crippen LogP contribution >= 0.6 is 0 Å². The van der Waals surface area contributed by atoms with Crippen LogP contribution in [0, 0.1) is 5.41 Å². The third-order valence-electron chi connectivity index (χ3n) is 3.91. The van der Waals surface area contributed by atoms with Crippen LogP contribution < -0.4 is 0 Å². The SMILES string of the molecule is CC1=C[C@]2(C)Cc3c(c(O)n(C)c3O)[C@@H]2N=C1. The van der Waals surface area contributed by atoms with Gasteiger partial charge in [-0.1, -0.05) is 13.0 Å². The molecule has 0 spiro atoms. The fourth-order valence-electron chi connectivity index (χ4n) is 3.13. The first-order chi connectivity index (χ1) is 7.94. The van der Waals surface area contributed by atoms with Gasteiger partial charge in [0.2, 0.25) is 0 Å². The van der Waals surface area contributed by atoms with Crippen LogP contribution in [0.15, 0.2) is 16.6 Å². The molecule has 90 valence electrons. The Morgan fingerprint density at radius 1 is 1.41 bits per heavy atom. The van der Waals surface area contributed by atoms with Crippen molar-refractivity contribution in [3.63, 3.8) is 0 Å². The van der Waals surface area contributed by atoms with E-state index in [0.29, 0.717) is 0 Å². The predicted molar refractivity (Wildman–Crippen MR) is 65.5 cm³/mol. The van der Waals surface area contributed by atoms with Gasteiger partial charge in [-0.15, -0.1) is 0 Å². The quantitative estimate of drug-likeness (QED) is 0.719. The van der Waals surface area contributed by atoms with E-state index in [9.17, 15) is 10.2 Å². The molecule has 2 heterocycles. The fourth-order valence-corrected chi connectivity index (χ4v) is 3.13. The lowest BCUT2D eigenvalue weighted by atomic mass is 9.80. The van der Waals surface area contributed by atoms with E-state index in [4.69, 9.17) is 0 Å². The summed E-state index contributed by atoms with van der Waals surface area (Å²) in [6.07, 6.45) is 4.75. The number of hydrogen-bond donors (Lipinski definition) is 2. The van der Waals surface area contributed by atoms with Gasteiger partial charge in [-0.3, -0.25) is 9.56 Å². The number of dihydropyridines is 1. The molecule has 17 heavy (non-hydrogen) atoms. The zero-order valence-electron chi connectivity index (χ0n) is 10.2. The van der Waals surface area contributed by atoms with Crippen molar-refractivity contribution in [2.75, 3.05) is 0 Å². The molecule has 0 aromatic carbocycles. The predicted octanol–water partition coefficient (Wildman–Crippen LogP) is 2.07. The molecule has 2 N–H and O–H groups in total. The van der Waals surface area contributed by atoms with Gasteiger partial charge in [-0.05, 0) is 18.9 Å². The topological polar surface area (TPSA) is 57.8 Å². The van der Waals surface area contributed by atoms with Crippen LogP contribution in [0.1, 0.15) is 31.0 Å². The molecule has 1 aliphatic carbocycles. The van der Waals surface area contributed by atoms with E-state index in [0.717, 1.165) is 23.1 Å². The second-order valence-electron chi connectivity index (χ2n) is 5.35. The van der Waals surface area contributed by atoms with Crippen LogP contribution in [0.2, 0.25) is 0 Å². The molecule has 0 unspecified atom stereocenters. The maximum absolute atomic E-state index is 10.1. The molecular formula is C13H16N2O2. The Labute approximate surface area is 99.9 Å². The summed E-state index contributed by atoms with van der Waals surface area (Å²) >= 11 is 0. The molecule has 0 bridgehead atoms. The monoisotopic (exact) mass is 232 g/mol. The summed E-state index contributed by atoms with van der Waals surface area (Å²) in [5.74, 6) is 0.297. The van der Waals surface area contributed by atoms with Crippen molar-refractivity contribution in [2.45, 2.75) is 26.3 Å². The molecule has 0 fully saturated rings. The summed E-state index contributed by atoms with van der Waals surface area (Å²) in [7, 11) is 1.66. The van der Waals surface area contributed by atoms with Crippen LogP contribution in [-0.4, -0.2) is 21.0 Å². The van der Waals surface area contributed by atoms with Gasteiger partial charge in [0.25, 0.3) is 0 Å². The van der Waals surface area contributed by atoms with Gasteiger partial charge in [0, 0.05) is 29.8 Å². The number of rotatable bonds is 0. The minimum atomic E-state index is -0.118. The van der Waals surface area contributed by atoms with E-state index in [1.807, 2.05) is 13.1 Å². The van der Waals surface area contributed by atoms with Crippen LogP contribution in [0.3, 0.4) is 0 Å². The summed E-state index contributed by atoms with van der Waals surface area (Å²) in [4.78, 5) is 4.52. The Kier molecular flexibility index (Phi) is 1.81. The fraction of sp³-hybridized carbons (Fsp3) is 0.462. The van der Waals surface area contributed by atoms with Gasteiger partial charge >= 0.3 is 0 Å². The second kappa shape index (κ2) is 2.94. The Hall–Kier alpha value is -1.71. The highest BCUT2D eigenvalue weighted by molar-refractivity contribution is 5.80. The van der Waals surface area contributed by atoms with Gasteiger partial charge in [0.05, 0.1) is 6.04 Å². The zero-order valence-corrected chi connectivity index (χ0v) is 10.2. The van der Waals surface area contributed by atoms with Crippen molar-refractivity contribution in [3.8, 4) is 11.8 Å². The first-order valence-electron chi connectivity index (χ1n) is 5.76. The number of hydrogen-bond acceptors (Lipinski definition) is 3. The second-order valence-corrected chi connectivity index (χ2v) is 5.35. The first-order valence-corrected chi connectivity index (χ1v) is 5.76. The number of aromatic hydroxyl groups is 2. The van der Waals surface area contributed by atoms with Crippen LogP contribution in [-0.2, 0) is 13.5 Å². The van der Waals surface area contributed by atoms with Crippen LogP contribution in [0.5, 0.6) is 11.8 Å². The van der Waals surface area contributed by atoms with Gasteiger partial charge in [0.15, 0.2) is 11.8 Å². The lowest BCUT2D eigenvalue weighted by Crippen LogP contribution is -2.22. The molecule has 4 nitrogen and oxygen atoms in total. The molecule has 1 aliphatic heterocycles. The Balaban J connectivity index is 2.21. The summed E-state index contributed by atoms with van der Waals surface area (Å²) in [5, 5.41) is 20.1. The maximum atomic E-state index is 10.1. The van der Waals surface area contributed by atoms with Crippen molar-refractivity contribution in [1.29, 1.82) is 0 Å². The minimum absolute atomic E-state index is 0.0756. The summed E-state index contributed by atoms with van der Waals surface area (Å²) in [6.45, 7) is 4.14. The van der Waals surface area contributed by atoms with E-state index in [-0.39, 0.29) is 23.2 Å². The normalized spacial score (nSPS) is 30.1. The highest BCUT2D eigenvalue weighted by Crippen LogP contribution is 2.56. The van der Waals surface area contributed by atoms with Crippen molar-refractivity contribution < 1.29 is 10.2 Å². The molecule has 0 amide bonds. The Morgan fingerprint density at radius 3 is 2.82 bits per heavy atom. The number of allylic oxidation sites excluding steroid dienone is 1. The summed E-state index contributed by atoms with van der Waals surface area (Å²) in [5.41, 5.74) is 2.64. The van der Waals surface area contributed by atoms with E-state index in [2.05, 4.69) is 18.0 Å². The minimum Gasteiger partial charge on any atom is -0.494 e. The van der Waals surface area contributed by atoms with Gasteiger partial charge in [0.1, 0.15) is 0 Å². The molecule has 4 heteroatoms. The lowest BCUT2D eigenvalue weighted by molar-refractivity contribution is 0.335. The van der Waals surface area contributed by atoms with Crippen molar-refractivity contribution in [2.24, 2.45) is 17.5 Å². The molecular weight excluding hydrogens is 216 g/mol.